The van der Waals surface area contributed by atoms with Crippen LogP contribution in [0.25, 0.3) is 0 Å². The van der Waals surface area contributed by atoms with Gasteiger partial charge in [0.15, 0.2) is 5.75 Å². The summed E-state index contributed by atoms with van der Waals surface area (Å²) in [5.41, 5.74) is -0.896. The third-order valence-corrected chi connectivity index (χ3v) is 2.96. The fraction of sp³-hybridized carbons (Fsp3) is 0.533. The summed E-state index contributed by atoms with van der Waals surface area (Å²) in [5, 5.41) is 33.4. The van der Waals surface area contributed by atoms with Crippen LogP contribution in [0.5, 0.6) is 5.75 Å². The van der Waals surface area contributed by atoms with Crippen LogP contribution in [-0.2, 0) is 4.74 Å². The highest BCUT2D eigenvalue weighted by Gasteiger charge is 2.24. The molecule has 2 atom stereocenters. The van der Waals surface area contributed by atoms with Gasteiger partial charge in [0.2, 0.25) is 0 Å². The van der Waals surface area contributed by atoms with Gasteiger partial charge in [0, 0.05) is 12.6 Å². The third-order valence-electron chi connectivity index (χ3n) is 2.96. The fourth-order valence-corrected chi connectivity index (χ4v) is 1.87. The first-order valence-electron chi connectivity index (χ1n) is 7.20. The summed E-state index contributed by atoms with van der Waals surface area (Å²) in [6.07, 6.45) is -3.54. The van der Waals surface area contributed by atoms with E-state index in [-0.39, 0.29) is 23.5 Å². The largest absolute Gasteiger partial charge is 0.490 e. The fourth-order valence-electron chi connectivity index (χ4n) is 1.87. The average Bonchev–Trinajstić information content (AvgIpc) is 2.49. The molecule has 1 aromatic carbocycles. The van der Waals surface area contributed by atoms with Crippen LogP contribution in [-0.4, -0.2) is 46.6 Å². The molecule has 3 N–H and O–H groups in total. The van der Waals surface area contributed by atoms with Gasteiger partial charge >= 0.3 is 11.8 Å². The number of ether oxygens (including phenoxy) is 2. The van der Waals surface area contributed by atoms with Crippen molar-refractivity contribution < 1.29 is 29.4 Å². The standard InChI is InChI=1S/C15H22N2O7/c1-15(2,3)24-14(20)16-8-11(18)13(19)9-5-6-12(23-4)10(7-9)17(21)22/h5-7,11,13,18-19H,8H2,1-4H3,(H,16,20). The molecule has 0 spiro atoms. The first-order chi connectivity index (χ1) is 11.0. The zero-order valence-electron chi connectivity index (χ0n) is 14.0. The highest BCUT2D eigenvalue weighted by atomic mass is 16.6. The Kier molecular flexibility index (Phi) is 6.50. The molecule has 2 unspecified atom stereocenters. The minimum absolute atomic E-state index is 0.0392. The number of carbonyl (C=O) groups is 1. The van der Waals surface area contributed by atoms with E-state index in [1.54, 1.807) is 20.8 Å². The Morgan fingerprint density at radius 1 is 1.38 bits per heavy atom. The first kappa shape index (κ1) is 19.7. The van der Waals surface area contributed by atoms with E-state index < -0.39 is 28.8 Å². The number of amides is 1. The summed E-state index contributed by atoms with van der Waals surface area (Å²) in [6.45, 7) is 4.78. The van der Waals surface area contributed by atoms with Gasteiger partial charge in [0.25, 0.3) is 0 Å². The van der Waals surface area contributed by atoms with Gasteiger partial charge < -0.3 is 25.0 Å². The first-order valence-corrected chi connectivity index (χ1v) is 7.20. The van der Waals surface area contributed by atoms with E-state index in [1.165, 1.54) is 19.2 Å². The van der Waals surface area contributed by atoms with Gasteiger partial charge in [-0.05, 0) is 32.4 Å². The SMILES string of the molecule is COc1ccc(C(O)C(O)CNC(=O)OC(C)(C)C)cc1[N+](=O)[O-]. The van der Waals surface area contributed by atoms with Crippen LogP contribution in [0, 0.1) is 10.1 Å². The molecule has 0 radical (unpaired) electrons. The van der Waals surface area contributed by atoms with E-state index in [4.69, 9.17) is 9.47 Å². The molecule has 24 heavy (non-hydrogen) atoms. The van der Waals surface area contributed by atoms with Crippen molar-refractivity contribution in [2.45, 2.75) is 38.6 Å². The van der Waals surface area contributed by atoms with Crippen molar-refractivity contribution in [3.8, 4) is 5.75 Å². The number of nitrogens with one attached hydrogen (secondary N) is 1. The Balaban J connectivity index is 2.75. The summed E-state index contributed by atoms with van der Waals surface area (Å²) in [7, 11) is 1.29. The summed E-state index contributed by atoms with van der Waals surface area (Å²) >= 11 is 0. The molecule has 0 saturated carbocycles. The normalized spacial score (nSPS) is 13.8. The molecule has 0 heterocycles. The lowest BCUT2D eigenvalue weighted by Gasteiger charge is -2.22. The molecule has 1 amide bonds. The number of hydrogen-bond acceptors (Lipinski definition) is 7. The predicted molar refractivity (Wildman–Crippen MR) is 84.9 cm³/mol. The van der Waals surface area contributed by atoms with Gasteiger partial charge in [-0.25, -0.2) is 4.79 Å². The summed E-state index contributed by atoms with van der Waals surface area (Å²) in [4.78, 5) is 21.8. The monoisotopic (exact) mass is 342 g/mol. The van der Waals surface area contributed by atoms with E-state index in [9.17, 15) is 25.1 Å². The van der Waals surface area contributed by atoms with Crippen LogP contribution in [0.15, 0.2) is 18.2 Å². The van der Waals surface area contributed by atoms with Crippen LogP contribution in [0.4, 0.5) is 10.5 Å². The summed E-state index contributed by atoms with van der Waals surface area (Å²) < 4.78 is 9.87. The molecule has 9 nitrogen and oxygen atoms in total. The van der Waals surface area contributed by atoms with Crippen LogP contribution < -0.4 is 10.1 Å². The van der Waals surface area contributed by atoms with Crippen LogP contribution in [0.2, 0.25) is 0 Å². The van der Waals surface area contributed by atoms with E-state index >= 15 is 0 Å². The molecule has 0 aliphatic heterocycles. The lowest BCUT2D eigenvalue weighted by atomic mass is 10.0. The molecule has 0 fully saturated rings. The second kappa shape index (κ2) is 7.93. The van der Waals surface area contributed by atoms with Crippen molar-refractivity contribution in [2.75, 3.05) is 13.7 Å². The van der Waals surface area contributed by atoms with E-state index in [1.807, 2.05) is 0 Å². The Morgan fingerprint density at radius 3 is 2.50 bits per heavy atom. The van der Waals surface area contributed by atoms with Gasteiger partial charge in [-0.1, -0.05) is 6.07 Å². The molecule has 0 aromatic heterocycles. The number of benzene rings is 1. The lowest BCUT2D eigenvalue weighted by Crippen LogP contribution is -2.38. The number of hydrogen-bond donors (Lipinski definition) is 3. The number of carbonyl (C=O) groups excluding carboxylic acids is 1. The summed E-state index contributed by atoms with van der Waals surface area (Å²) in [6, 6.07) is 3.83. The molecular formula is C15H22N2O7. The topological polar surface area (TPSA) is 131 Å². The molecule has 134 valence electrons. The molecule has 0 bridgehead atoms. The lowest BCUT2D eigenvalue weighted by molar-refractivity contribution is -0.385. The molecule has 1 rings (SSSR count). The number of nitro benzene ring substituents is 1. The zero-order valence-corrected chi connectivity index (χ0v) is 14.0. The number of alkyl carbamates (subject to hydrolysis) is 1. The smallest absolute Gasteiger partial charge is 0.407 e. The Labute approximate surface area is 139 Å². The van der Waals surface area contributed by atoms with Crippen LogP contribution >= 0.6 is 0 Å². The Bertz CT molecular complexity index is 598. The molecule has 9 heteroatoms. The van der Waals surface area contributed by atoms with E-state index in [0.29, 0.717) is 0 Å². The number of nitro groups is 1. The molecule has 1 aromatic rings. The van der Waals surface area contributed by atoms with E-state index in [0.717, 1.165) is 6.07 Å². The number of rotatable bonds is 6. The highest BCUT2D eigenvalue weighted by Crippen LogP contribution is 2.30. The van der Waals surface area contributed by atoms with Gasteiger partial charge in [-0.3, -0.25) is 10.1 Å². The van der Waals surface area contributed by atoms with Crippen molar-refractivity contribution in [3.05, 3.63) is 33.9 Å². The maximum Gasteiger partial charge on any atom is 0.407 e. The number of nitrogens with zero attached hydrogens (tertiary/aromatic N) is 1. The number of methoxy groups -OCH3 is 1. The zero-order chi connectivity index (χ0) is 18.5. The maximum atomic E-state index is 11.5. The van der Waals surface area contributed by atoms with Crippen molar-refractivity contribution in [1.82, 2.24) is 5.32 Å². The third kappa shape index (κ3) is 5.67. The highest BCUT2D eigenvalue weighted by molar-refractivity contribution is 5.67. The Hall–Kier alpha value is -2.39. The van der Waals surface area contributed by atoms with Gasteiger partial charge in [-0.15, -0.1) is 0 Å². The molecule has 0 saturated heterocycles. The second-order valence-electron chi connectivity index (χ2n) is 6.08. The van der Waals surface area contributed by atoms with Gasteiger partial charge in [0.05, 0.1) is 12.0 Å². The van der Waals surface area contributed by atoms with Gasteiger partial charge in [0.1, 0.15) is 17.8 Å². The Morgan fingerprint density at radius 2 is 2.00 bits per heavy atom. The van der Waals surface area contributed by atoms with E-state index in [2.05, 4.69) is 5.32 Å². The molecular weight excluding hydrogens is 320 g/mol. The molecule has 0 aliphatic rings. The van der Waals surface area contributed by atoms with Gasteiger partial charge in [-0.2, -0.15) is 0 Å². The number of aliphatic hydroxyl groups is 2. The van der Waals surface area contributed by atoms with Crippen molar-refractivity contribution in [2.24, 2.45) is 0 Å². The summed E-state index contributed by atoms with van der Waals surface area (Å²) in [5.74, 6) is 0.0392. The van der Waals surface area contributed by atoms with Crippen LogP contribution in [0.3, 0.4) is 0 Å². The van der Waals surface area contributed by atoms with Crippen LogP contribution in [0.1, 0.15) is 32.4 Å². The second-order valence-corrected chi connectivity index (χ2v) is 6.08. The quantitative estimate of drug-likeness (QED) is 0.527. The number of aliphatic hydroxyl groups excluding tert-OH is 2. The predicted octanol–water partition coefficient (Wildman–Crippen LogP) is 1.52. The minimum Gasteiger partial charge on any atom is -0.490 e. The minimum atomic E-state index is -1.43. The van der Waals surface area contributed by atoms with Crippen molar-refractivity contribution in [3.63, 3.8) is 0 Å². The van der Waals surface area contributed by atoms with Crippen molar-refractivity contribution in [1.29, 1.82) is 0 Å². The molecule has 0 aliphatic carbocycles. The maximum absolute atomic E-state index is 11.5. The van der Waals surface area contributed by atoms with Crippen molar-refractivity contribution >= 4 is 11.8 Å². The average molecular weight is 342 g/mol.